The number of H-pyrrole nitrogens is 1. The summed E-state index contributed by atoms with van der Waals surface area (Å²) in [7, 11) is 0. The molecule has 0 saturated heterocycles. The number of nitrogens with zero attached hydrogens (tertiary/aromatic N) is 2. The quantitative estimate of drug-likeness (QED) is 0.758. The number of aromatic amines is 1. The first kappa shape index (κ1) is 13.9. The van der Waals surface area contributed by atoms with Crippen molar-refractivity contribution in [2.45, 2.75) is 26.2 Å². The van der Waals surface area contributed by atoms with Gasteiger partial charge >= 0.3 is 0 Å². The molecule has 0 aromatic carbocycles. The number of pyridine rings is 1. The van der Waals surface area contributed by atoms with Gasteiger partial charge in [0.05, 0.1) is 5.56 Å². The second-order valence-corrected chi connectivity index (χ2v) is 5.34. The Morgan fingerprint density at radius 2 is 2.26 bits per heavy atom. The van der Waals surface area contributed by atoms with Gasteiger partial charge in [-0.05, 0) is 25.9 Å². The van der Waals surface area contributed by atoms with E-state index in [2.05, 4.69) is 27.4 Å². The Hall–Kier alpha value is -1.53. The maximum absolute atomic E-state index is 11.7. The largest absolute Gasteiger partial charge is 0.367 e. The molecule has 2 heterocycles. The van der Waals surface area contributed by atoms with Crippen LogP contribution in [0.1, 0.15) is 24.8 Å². The van der Waals surface area contributed by atoms with Gasteiger partial charge in [0, 0.05) is 24.9 Å². The summed E-state index contributed by atoms with van der Waals surface area (Å²) in [6.07, 6.45) is 6.39. The van der Waals surface area contributed by atoms with Gasteiger partial charge in [-0.3, -0.25) is 4.79 Å². The molecule has 0 spiro atoms. The molecule has 0 aliphatic rings. The molecule has 0 fully saturated rings. The molecule has 2 aromatic heterocycles. The summed E-state index contributed by atoms with van der Waals surface area (Å²) in [5, 5.41) is 13.3. The van der Waals surface area contributed by atoms with Crippen molar-refractivity contribution in [1.29, 1.82) is 0 Å². The summed E-state index contributed by atoms with van der Waals surface area (Å²) < 4.78 is 0. The maximum Gasteiger partial charge on any atom is 0.191 e. The van der Waals surface area contributed by atoms with Crippen molar-refractivity contribution in [2.75, 3.05) is 13.1 Å². The molecule has 0 saturated carbocycles. The van der Waals surface area contributed by atoms with Crippen LogP contribution in [0.15, 0.2) is 23.3 Å². The molecule has 2 rings (SSSR count). The minimum atomic E-state index is -0.0222. The third kappa shape index (κ3) is 3.97. The average Bonchev–Trinajstić information content (AvgIpc) is 2.88. The van der Waals surface area contributed by atoms with E-state index in [1.54, 1.807) is 12.4 Å². The predicted octanol–water partition coefficient (Wildman–Crippen LogP) is 1.83. The van der Waals surface area contributed by atoms with Crippen LogP contribution in [0.3, 0.4) is 0 Å². The van der Waals surface area contributed by atoms with Gasteiger partial charge in [0.1, 0.15) is 5.01 Å². The molecule has 5 nitrogen and oxygen atoms in total. The fraction of sp³-hybridized carbons (Fsp3) is 0.462. The molecule has 0 atom stereocenters. The van der Waals surface area contributed by atoms with E-state index in [1.807, 2.05) is 0 Å². The van der Waals surface area contributed by atoms with Gasteiger partial charge in [0.2, 0.25) is 0 Å². The first-order chi connectivity index (χ1) is 9.31. The summed E-state index contributed by atoms with van der Waals surface area (Å²) >= 11 is 1.49. The maximum atomic E-state index is 11.7. The zero-order valence-electron chi connectivity index (χ0n) is 11.0. The minimum absolute atomic E-state index is 0.0222. The lowest BCUT2D eigenvalue weighted by Crippen LogP contribution is -2.16. The lowest BCUT2D eigenvalue weighted by molar-refractivity contribution is 0.637. The SMILES string of the molecule is CCCNCCCc1nnc(-c2c[nH]ccc2=O)s1. The Morgan fingerprint density at radius 3 is 3.05 bits per heavy atom. The zero-order valence-corrected chi connectivity index (χ0v) is 11.8. The van der Waals surface area contributed by atoms with E-state index in [4.69, 9.17) is 0 Å². The molecule has 0 unspecified atom stereocenters. The van der Waals surface area contributed by atoms with Gasteiger partial charge in [-0.15, -0.1) is 10.2 Å². The third-order valence-corrected chi connectivity index (χ3v) is 3.71. The van der Waals surface area contributed by atoms with E-state index in [0.29, 0.717) is 10.6 Å². The summed E-state index contributed by atoms with van der Waals surface area (Å²) in [5.74, 6) is 0. The van der Waals surface area contributed by atoms with E-state index in [9.17, 15) is 4.79 Å². The second kappa shape index (κ2) is 7.16. The van der Waals surface area contributed by atoms with E-state index >= 15 is 0 Å². The topological polar surface area (TPSA) is 70.7 Å². The highest BCUT2D eigenvalue weighted by atomic mass is 32.1. The predicted molar refractivity (Wildman–Crippen MR) is 77.4 cm³/mol. The summed E-state index contributed by atoms with van der Waals surface area (Å²) in [6.45, 7) is 4.21. The fourth-order valence-corrected chi connectivity index (χ4v) is 2.62. The van der Waals surface area contributed by atoms with Crippen LogP contribution in [0.2, 0.25) is 0 Å². The van der Waals surface area contributed by atoms with Crippen molar-refractivity contribution in [1.82, 2.24) is 20.5 Å². The van der Waals surface area contributed by atoms with Crippen molar-refractivity contribution < 1.29 is 0 Å². The molecule has 0 radical (unpaired) electrons. The number of nitrogens with one attached hydrogen (secondary N) is 2. The molecular formula is C13H18N4OS. The van der Waals surface area contributed by atoms with Crippen molar-refractivity contribution in [3.8, 4) is 10.6 Å². The Morgan fingerprint density at radius 1 is 1.37 bits per heavy atom. The highest BCUT2D eigenvalue weighted by molar-refractivity contribution is 7.14. The van der Waals surface area contributed by atoms with Gasteiger partial charge in [-0.2, -0.15) is 0 Å². The van der Waals surface area contributed by atoms with Crippen LogP contribution >= 0.6 is 11.3 Å². The fourth-order valence-electron chi connectivity index (χ4n) is 1.71. The van der Waals surface area contributed by atoms with Crippen LogP contribution in [-0.2, 0) is 6.42 Å². The Bertz CT molecular complexity index is 564. The van der Waals surface area contributed by atoms with Crippen LogP contribution in [-0.4, -0.2) is 28.3 Å². The van der Waals surface area contributed by atoms with Gasteiger partial charge in [-0.25, -0.2) is 0 Å². The Kier molecular flexibility index (Phi) is 5.23. The zero-order chi connectivity index (χ0) is 13.5. The van der Waals surface area contributed by atoms with E-state index in [0.717, 1.165) is 37.4 Å². The number of rotatable bonds is 7. The smallest absolute Gasteiger partial charge is 0.191 e. The monoisotopic (exact) mass is 278 g/mol. The Balaban J connectivity index is 1.92. The lowest BCUT2D eigenvalue weighted by Gasteiger charge is -1.99. The van der Waals surface area contributed by atoms with Crippen LogP contribution in [0, 0.1) is 0 Å². The summed E-state index contributed by atoms with van der Waals surface area (Å²) in [5.41, 5.74) is 0.571. The van der Waals surface area contributed by atoms with Crippen LogP contribution in [0.25, 0.3) is 10.6 Å². The number of aromatic nitrogens is 3. The van der Waals surface area contributed by atoms with Gasteiger partial charge in [0.25, 0.3) is 0 Å². The molecule has 2 aromatic rings. The van der Waals surface area contributed by atoms with Crippen molar-refractivity contribution in [3.05, 3.63) is 33.7 Å². The molecule has 2 N–H and O–H groups in total. The molecule has 6 heteroatoms. The molecule has 0 amide bonds. The van der Waals surface area contributed by atoms with E-state index < -0.39 is 0 Å². The Labute approximate surface area is 116 Å². The average molecular weight is 278 g/mol. The van der Waals surface area contributed by atoms with Crippen molar-refractivity contribution >= 4 is 11.3 Å². The van der Waals surface area contributed by atoms with Crippen LogP contribution in [0.5, 0.6) is 0 Å². The summed E-state index contributed by atoms with van der Waals surface area (Å²) in [4.78, 5) is 14.6. The number of hydrogen-bond donors (Lipinski definition) is 2. The second-order valence-electron chi connectivity index (χ2n) is 4.28. The molecule has 102 valence electrons. The van der Waals surface area contributed by atoms with Gasteiger partial charge < -0.3 is 10.3 Å². The van der Waals surface area contributed by atoms with Gasteiger partial charge in [-0.1, -0.05) is 18.3 Å². The highest BCUT2D eigenvalue weighted by Crippen LogP contribution is 2.20. The highest BCUT2D eigenvalue weighted by Gasteiger charge is 2.09. The van der Waals surface area contributed by atoms with Gasteiger partial charge in [0.15, 0.2) is 10.4 Å². The first-order valence-electron chi connectivity index (χ1n) is 6.52. The standard InChI is InChI=1S/C13H18N4OS/c1-2-6-14-7-3-4-12-16-17-13(19-12)10-9-15-8-5-11(10)18/h5,8-9,14H,2-4,6-7H2,1H3,(H,15,18). The summed E-state index contributed by atoms with van der Waals surface area (Å²) in [6, 6.07) is 1.51. The van der Waals surface area contributed by atoms with Crippen LogP contribution in [0.4, 0.5) is 0 Å². The normalized spacial score (nSPS) is 10.8. The van der Waals surface area contributed by atoms with Crippen molar-refractivity contribution in [3.63, 3.8) is 0 Å². The lowest BCUT2D eigenvalue weighted by atomic mass is 10.3. The number of hydrogen-bond acceptors (Lipinski definition) is 5. The minimum Gasteiger partial charge on any atom is -0.367 e. The molecule has 0 aliphatic carbocycles. The van der Waals surface area contributed by atoms with E-state index in [-0.39, 0.29) is 5.43 Å². The molecule has 0 bridgehead atoms. The first-order valence-corrected chi connectivity index (χ1v) is 7.33. The molecule has 19 heavy (non-hydrogen) atoms. The van der Waals surface area contributed by atoms with E-state index in [1.165, 1.54) is 17.4 Å². The van der Waals surface area contributed by atoms with Crippen LogP contribution < -0.4 is 10.7 Å². The third-order valence-electron chi connectivity index (χ3n) is 2.69. The molecular weight excluding hydrogens is 260 g/mol. The van der Waals surface area contributed by atoms with Crippen molar-refractivity contribution in [2.24, 2.45) is 0 Å². The number of aryl methyl sites for hydroxylation is 1. The molecule has 0 aliphatic heterocycles.